The highest BCUT2D eigenvalue weighted by atomic mass is 16.7. The van der Waals surface area contributed by atoms with E-state index >= 15 is 0 Å². The van der Waals surface area contributed by atoms with E-state index in [2.05, 4.69) is 10.3 Å². The van der Waals surface area contributed by atoms with Crippen LogP contribution in [0, 0.1) is 12.3 Å². The first-order valence-electron chi connectivity index (χ1n) is 11.0. The number of ether oxygens (including phenoxy) is 2. The second kappa shape index (κ2) is 8.62. The molecule has 1 fully saturated rings. The summed E-state index contributed by atoms with van der Waals surface area (Å²) in [7, 11) is 0. The predicted octanol–water partition coefficient (Wildman–Crippen LogP) is 3.56. The molecule has 0 aliphatic carbocycles. The van der Waals surface area contributed by atoms with Crippen molar-refractivity contribution < 1.29 is 23.9 Å². The Morgan fingerprint density at radius 1 is 1.00 bits per heavy atom. The van der Waals surface area contributed by atoms with Gasteiger partial charge in [0.1, 0.15) is 5.41 Å². The number of aryl methyl sites for hydroxylation is 2. The van der Waals surface area contributed by atoms with Gasteiger partial charge in [-0.1, -0.05) is 24.3 Å². The molecule has 3 heterocycles. The van der Waals surface area contributed by atoms with Crippen LogP contribution >= 0.6 is 0 Å². The number of hydrogen-bond acceptors (Lipinski definition) is 6. The molecular formula is C26H23N3O5. The molecule has 34 heavy (non-hydrogen) atoms. The Morgan fingerprint density at radius 2 is 1.85 bits per heavy atom. The van der Waals surface area contributed by atoms with Crippen LogP contribution in [-0.4, -0.2) is 29.6 Å². The van der Waals surface area contributed by atoms with E-state index in [4.69, 9.17) is 9.47 Å². The predicted molar refractivity (Wildman–Crippen MR) is 123 cm³/mol. The van der Waals surface area contributed by atoms with Gasteiger partial charge in [0.15, 0.2) is 11.5 Å². The number of carbonyl (C=O) groups excluding carboxylic acids is 3. The van der Waals surface area contributed by atoms with E-state index in [-0.39, 0.29) is 19.6 Å². The minimum Gasteiger partial charge on any atom is -0.454 e. The summed E-state index contributed by atoms with van der Waals surface area (Å²) in [4.78, 5) is 45.6. The fourth-order valence-electron chi connectivity index (χ4n) is 4.43. The first-order chi connectivity index (χ1) is 16.5. The zero-order chi connectivity index (χ0) is 23.7. The van der Waals surface area contributed by atoms with Gasteiger partial charge < -0.3 is 9.47 Å². The average Bonchev–Trinajstić information content (AvgIpc) is 3.30. The number of carbonyl (C=O) groups is 3. The molecule has 2 aliphatic heterocycles. The lowest BCUT2D eigenvalue weighted by atomic mass is 9.74. The minimum absolute atomic E-state index is 0.0940. The summed E-state index contributed by atoms with van der Waals surface area (Å²) in [6, 6.07) is 17.2. The molecule has 3 aromatic rings. The third kappa shape index (κ3) is 3.87. The van der Waals surface area contributed by atoms with Crippen molar-refractivity contribution in [2.75, 3.05) is 11.7 Å². The van der Waals surface area contributed by atoms with E-state index in [0.717, 1.165) is 21.7 Å². The third-order valence-electron chi connectivity index (χ3n) is 6.21. The van der Waals surface area contributed by atoms with Crippen molar-refractivity contribution in [2.45, 2.75) is 26.2 Å². The van der Waals surface area contributed by atoms with Gasteiger partial charge >= 0.3 is 6.03 Å². The molecule has 5 rings (SSSR count). The maximum absolute atomic E-state index is 14.0. The van der Waals surface area contributed by atoms with Crippen LogP contribution < -0.4 is 19.7 Å². The highest BCUT2D eigenvalue weighted by Crippen LogP contribution is 2.39. The number of rotatable bonds is 6. The van der Waals surface area contributed by atoms with Crippen LogP contribution in [0.4, 0.5) is 10.5 Å². The summed E-state index contributed by atoms with van der Waals surface area (Å²) in [5, 5.41) is 2.43. The Bertz CT molecular complexity index is 1280. The van der Waals surface area contributed by atoms with Crippen LogP contribution in [0.2, 0.25) is 0 Å². The topological polar surface area (TPSA) is 97.8 Å². The molecule has 8 nitrogen and oxygen atoms in total. The molecule has 1 saturated heterocycles. The summed E-state index contributed by atoms with van der Waals surface area (Å²) in [5.74, 6) is 0.00961. The van der Waals surface area contributed by atoms with Gasteiger partial charge in [-0.3, -0.25) is 19.9 Å². The number of hydrogen-bond donors (Lipinski definition) is 1. The van der Waals surface area contributed by atoms with Gasteiger partial charge in [-0.15, -0.1) is 0 Å². The van der Waals surface area contributed by atoms with Crippen molar-refractivity contribution in [1.29, 1.82) is 0 Å². The molecule has 0 bridgehead atoms. The van der Waals surface area contributed by atoms with Crippen LogP contribution in [0.5, 0.6) is 11.5 Å². The van der Waals surface area contributed by atoms with E-state index in [1.54, 1.807) is 36.5 Å². The number of fused-ring (bicyclic) bond motifs is 1. The molecule has 1 N–H and O–H groups in total. The second-order valence-corrected chi connectivity index (χ2v) is 8.51. The van der Waals surface area contributed by atoms with Crippen LogP contribution in [0.1, 0.15) is 23.2 Å². The number of barbiturate groups is 1. The monoisotopic (exact) mass is 457 g/mol. The molecule has 8 heteroatoms. The first-order valence-corrected chi connectivity index (χ1v) is 11.0. The van der Waals surface area contributed by atoms with Gasteiger partial charge in [-0.05, 0) is 73.7 Å². The lowest BCUT2D eigenvalue weighted by molar-refractivity contribution is -0.143. The summed E-state index contributed by atoms with van der Waals surface area (Å²) in [6.45, 7) is 2.00. The van der Waals surface area contributed by atoms with Gasteiger partial charge in [-0.25, -0.2) is 9.69 Å². The zero-order valence-corrected chi connectivity index (χ0v) is 18.6. The highest BCUT2D eigenvalue weighted by Gasteiger charge is 2.54. The number of imide groups is 2. The third-order valence-corrected chi connectivity index (χ3v) is 6.21. The SMILES string of the molecule is Cc1cccc(N2C(=O)NC(=O)C(CCc3ccccn3)(Cc3ccc4c(c3)OCO4)C2=O)c1. The summed E-state index contributed by atoms with van der Waals surface area (Å²) >= 11 is 0. The molecule has 1 unspecified atom stereocenters. The van der Waals surface area contributed by atoms with E-state index in [9.17, 15) is 14.4 Å². The number of nitrogens with one attached hydrogen (secondary N) is 1. The van der Waals surface area contributed by atoms with E-state index in [1.807, 2.05) is 37.3 Å². The van der Waals surface area contributed by atoms with Gasteiger partial charge in [0.2, 0.25) is 12.7 Å². The van der Waals surface area contributed by atoms with Crippen LogP contribution in [0.3, 0.4) is 0 Å². The first kappa shape index (κ1) is 21.6. The quantitative estimate of drug-likeness (QED) is 0.569. The standard InChI is InChI=1S/C26H23N3O5/c1-17-5-4-7-20(13-17)29-24(31)26(23(30)28-25(29)32,11-10-19-6-2-3-12-27-19)15-18-8-9-21-22(14-18)34-16-33-21/h2-9,12-14H,10-11,15-16H2,1H3,(H,28,30,32). The fraction of sp³-hybridized carbons (Fsp3) is 0.231. The number of urea groups is 1. The van der Waals surface area contributed by atoms with Crippen molar-refractivity contribution in [3.05, 3.63) is 83.7 Å². The largest absolute Gasteiger partial charge is 0.454 e. The van der Waals surface area contributed by atoms with Gasteiger partial charge in [0.25, 0.3) is 5.91 Å². The minimum atomic E-state index is -1.51. The maximum Gasteiger partial charge on any atom is 0.335 e. The van der Waals surface area contributed by atoms with Crippen LogP contribution in [0.15, 0.2) is 66.9 Å². The Morgan fingerprint density at radius 3 is 2.65 bits per heavy atom. The van der Waals surface area contributed by atoms with Crippen molar-refractivity contribution in [1.82, 2.24) is 10.3 Å². The number of benzene rings is 2. The Labute approximate surface area is 196 Å². The van der Waals surface area contributed by atoms with Crippen molar-refractivity contribution in [3.8, 4) is 11.5 Å². The summed E-state index contributed by atoms with van der Waals surface area (Å²) in [6.07, 6.45) is 2.33. The summed E-state index contributed by atoms with van der Waals surface area (Å²) < 4.78 is 10.9. The van der Waals surface area contributed by atoms with Crippen LogP contribution in [0.25, 0.3) is 0 Å². The van der Waals surface area contributed by atoms with Crippen molar-refractivity contribution >= 4 is 23.5 Å². The number of aromatic nitrogens is 1. The molecular weight excluding hydrogens is 434 g/mol. The maximum atomic E-state index is 14.0. The molecule has 4 amide bonds. The Balaban J connectivity index is 1.55. The Hall–Kier alpha value is -4.20. The lowest BCUT2D eigenvalue weighted by Gasteiger charge is -2.39. The molecule has 1 atom stereocenters. The van der Waals surface area contributed by atoms with E-state index in [0.29, 0.717) is 23.6 Å². The van der Waals surface area contributed by atoms with Crippen molar-refractivity contribution in [3.63, 3.8) is 0 Å². The van der Waals surface area contributed by atoms with Crippen LogP contribution in [-0.2, 0) is 22.4 Å². The molecule has 2 aromatic carbocycles. The van der Waals surface area contributed by atoms with Crippen molar-refractivity contribution in [2.24, 2.45) is 5.41 Å². The van der Waals surface area contributed by atoms with E-state index in [1.165, 1.54) is 0 Å². The molecule has 0 saturated carbocycles. The molecule has 0 radical (unpaired) electrons. The fourth-order valence-corrected chi connectivity index (χ4v) is 4.43. The molecule has 1 aromatic heterocycles. The number of pyridine rings is 1. The normalized spacial score (nSPS) is 19.3. The number of nitrogens with zero attached hydrogens (tertiary/aromatic N) is 2. The number of amides is 4. The summed E-state index contributed by atoms with van der Waals surface area (Å²) in [5.41, 5.74) is 1.29. The molecule has 172 valence electrons. The van der Waals surface area contributed by atoms with Gasteiger partial charge in [-0.2, -0.15) is 0 Å². The second-order valence-electron chi connectivity index (χ2n) is 8.51. The highest BCUT2D eigenvalue weighted by molar-refractivity contribution is 6.30. The van der Waals surface area contributed by atoms with Gasteiger partial charge in [0, 0.05) is 11.9 Å². The average molecular weight is 457 g/mol. The van der Waals surface area contributed by atoms with E-state index < -0.39 is 23.3 Å². The molecule has 0 spiro atoms. The molecule has 2 aliphatic rings. The Kier molecular flexibility index (Phi) is 5.49. The number of anilines is 1. The lowest BCUT2D eigenvalue weighted by Crippen LogP contribution is -2.65. The zero-order valence-electron chi connectivity index (χ0n) is 18.6. The van der Waals surface area contributed by atoms with Gasteiger partial charge in [0.05, 0.1) is 5.69 Å². The smallest absolute Gasteiger partial charge is 0.335 e.